The van der Waals surface area contributed by atoms with Crippen molar-refractivity contribution in [2.45, 2.75) is 32.1 Å². The number of aromatic nitrogens is 1. The minimum Gasteiger partial charge on any atom is -0.343 e. The van der Waals surface area contributed by atoms with Gasteiger partial charge in [0.15, 0.2) is 0 Å². The lowest BCUT2D eigenvalue weighted by Crippen LogP contribution is -2.36. The van der Waals surface area contributed by atoms with Crippen molar-refractivity contribution in [3.8, 4) is 0 Å². The van der Waals surface area contributed by atoms with E-state index < -0.39 is 0 Å². The second-order valence-electron chi connectivity index (χ2n) is 4.50. The average Bonchev–Trinajstić information content (AvgIpc) is 2.78. The van der Waals surface area contributed by atoms with Crippen LogP contribution in [0, 0.1) is 0 Å². The topological polar surface area (TPSA) is 59.2 Å². The van der Waals surface area contributed by atoms with Crippen molar-refractivity contribution in [3.05, 3.63) is 16.1 Å². The Kier molecular flexibility index (Phi) is 4.12. The van der Waals surface area contributed by atoms with Crippen LogP contribution in [0.25, 0.3) is 0 Å². The van der Waals surface area contributed by atoms with Gasteiger partial charge in [0, 0.05) is 37.7 Å². The van der Waals surface area contributed by atoms with Crippen molar-refractivity contribution >= 4 is 17.2 Å². The molecule has 17 heavy (non-hydrogen) atoms. The summed E-state index contributed by atoms with van der Waals surface area (Å²) in [5, 5.41) is 3.33. The van der Waals surface area contributed by atoms with Gasteiger partial charge in [-0.1, -0.05) is 0 Å². The highest BCUT2D eigenvalue weighted by atomic mass is 32.1. The van der Waals surface area contributed by atoms with E-state index in [1.54, 1.807) is 18.3 Å². The average molecular weight is 253 g/mol. The van der Waals surface area contributed by atoms with E-state index in [1.165, 1.54) is 5.01 Å². The third kappa shape index (κ3) is 3.04. The van der Waals surface area contributed by atoms with Crippen LogP contribution in [0.1, 0.15) is 36.4 Å². The third-order valence-electron chi connectivity index (χ3n) is 3.26. The number of piperidine rings is 1. The summed E-state index contributed by atoms with van der Waals surface area (Å²) in [4.78, 5) is 17.8. The van der Waals surface area contributed by atoms with Gasteiger partial charge in [-0.2, -0.15) is 0 Å². The van der Waals surface area contributed by atoms with Gasteiger partial charge in [-0.05, 0) is 19.4 Å². The minimum atomic E-state index is 0.186. The molecule has 1 aliphatic heterocycles. The molecule has 1 amide bonds. The van der Waals surface area contributed by atoms with E-state index >= 15 is 0 Å². The maximum Gasteiger partial charge on any atom is 0.219 e. The maximum absolute atomic E-state index is 11.2. The van der Waals surface area contributed by atoms with Gasteiger partial charge in [-0.15, -0.1) is 11.3 Å². The molecule has 0 saturated carbocycles. The summed E-state index contributed by atoms with van der Waals surface area (Å²) in [6, 6.07) is 0. The molecule has 0 bridgehead atoms. The van der Waals surface area contributed by atoms with E-state index in [2.05, 4.69) is 10.4 Å². The molecular formula is C12H19N3OS. The Balaban J connectivity index is 1.93. The summed E-state index contributed by atoms with van der Waals surface area (Å²) in [6.07, 6.45) is 2.94. The minimum absolute atomic E-state index is 0.186. The quantitative estimate of drug-likeness (QED) is 0.885. The van der Waals surface area contributed by atoms with Crippen LogP contribution in [0.3, 0.4) is 0 Å². The zero-order valence-corrected chi connectivity index (χ0v) is 11.0. The molecule has 0 spiro atoms. The van der Waals surface area contributed by atoms with Gasteiger partial charge >= 0.3 is 0 Å². The van der Waals surface area contributed by atoms with Crippen molar-refractivity contribution in [2.75, 3.05) is 19.6 Å². The van der Waals surface area contributed by atoms with Gasteiger partial charge in [0.2, 0.25) is 5.91 Å². The second kappa shape index (κ2) is 5.60. The molecule has 1 aliphatic rings. The van der Waals surface area contributed by atoms with E-state index in [1.807, 2.05) is 4.90 Å². The second-order valence-corrected chi connectivity index (χ2v) is 5.39. The van der Waals surface area contributed by atoms with Crippen LogP contribution in [0.15, 0.2) is 5.38 Å². The molecule has 1 aromatic heterocycles. The molecule has 94 valence electrons. The molecule has 4 nitrogen and oxygen atoms in total. The Hall–Kier alpha value is -0.940. The monoisotopic (exact) mass is 253 g/mol. The largest absolute Gasteiger partial charge is 0.343 e. The fourth-order valence-electron chi connectivity index (χ4n) is 2.21. The van der Waals surface area contributed by atoms with E-state index in [0.29, 0.717) is 12.5 Å². The lowest BCUT2D eigenvalue weighted by molar-refractivity contribution is -0.129. The molecule has 0 atom stereocenters. The SMILES string of the molecule is CC(=O)N1CCC(c2nc(CCN)cs2)CC1. The molecule has 0 unspecified atom stereocenters. The first-order valence-electron chi connectivity index (χ1n) is 6.10. The summed E-state index contributed by atoms with van der Waals surface area (Å²) >= 11 is 1.74. The zero-order chi connectivity index (χ0) is 12.3. The smallest absolute Gasteiger partial charge is 0.219 e. The predicted octanol–water partition coefficient (Wildman–Crippen LogP) is 1.37. The van der Waals surface area contributed by atoms with E-state index in [-0.39, 0.29) is 5.91 Å². The van der Waals surface area contributed by atoms with Crippen molar-refractivity contribution in [3.63, 3.8) is 0 Å². The Labute approximate surface area is 106 Å². The molecule has 5 heteroatoms. The first-order valence-corrected chi connectivity index (χ1v) is 6.98. The summed E-state index contributed by atoms with van der Waals surface area (Å²) in [5.74, 6) is 0.716. The van der Waals surface area contributed by atoms with Crippen LogP contribution in [0.4, 0.5) is 0 Å². The number of rotatable bonds is 3. The van der Waals surface area contributed by atoms with Gasteiger partial charge < -0.3 is 10.6 Å². The normalized spacial score (nSPS) is 17.4. The molecule has 1 saturated heterocycles. The fourth-order valence-corrected chi connectivity index (χ4v) is 3.24. The summed E-state index contributed by atoms with van der Waals surface area (Å²) in [5.41, 5.74) is 6.63. The Morgan fingerprint density at radius 1 is 1.59 bits per heavy atom. The van der Waals surface area contributed by atoms with Crippen LogP contribution < -0.4 is 5.73 Å². The first kappa shape index (κ1) is 12.5. The summed E-state index contributed by atoms with van der Waals surface area (Å²) in [7, 11) is 0. The van der Waals surface area contributed by atoms with E-state index in [4.69, 9.17) is 5.73 Å². The van der Waals surface area contributed by atoms with Gasteiger partial charge in [-0.25, -0.2) is 4.98 Å². The van der Waals surface area contributed by atoms with Gasteiger partial charge in [0.1, 0.15) is 0 Å². The molecule has 1 aromatic rings. The van der Waals surface area contributed by atoms with Gasteiger partial charge in [0.05, 0.1) is 10.7 Å². The highest BCUT2D eigenvalue weighted by molar-refractivity contribution is 7.09. The third-order valence-corrected chi connectivity index (χ3v) is 4.32. The fraction of sp³-hybridized carbons (Fsp3) is 0.667. The Bertz CT molecular complexity index is 383. The van der Waals surface area contributed by atoms with Crippen molar-refractivity contribution in [2.24, 2.45) is 5.73 Å². The molecule has 1 fully saturated rings. The number of hydrogen-bond acceptors (Lipinski definition) is 4. The molecule has 0 aromatic carbocycles. The lowest BCUT2D eigenvalue weighted by Gasteiger charge is -2.30. The number of thiazole rings is 1. The first-order chi connectivity index (χ1) is 8.20. The number of hydrogen-bond donors (Lipinski definition) is 1. The van der Waals surface area contributed by atoms with Crippen LogP contribution in [-0.4, -0.2) is 35.4 Å². The number of carbonyl (C=O) groups excluding carboxylic acids is 1. The lowest BCUT2D eigenvalue weighted by atomic mass is 9.97. The van der Waals surface area contributed by atoms with Crippen LogP contribution >= 0.6 is 11.3 Å². The molecule has 0 radical (unpaired) electrons. The molecule has 2 heterocycles. The van der Waals surface area contributed by atoms with Crippen LogP contribution in [0.5, 0.6) is 0 Å². The number of nitrogens with zero attached hydrogens (tertiary/aromatic N) is 2. The summed E-state index contributed by atoms with van der Waals surface area (Å²) in [6.45, 7) is 4.03. The number of amides is 1. The Morgan fingerprint density at radius 2 is 2.29 bits per heavy atom. The number of nitrogens with two attached hydrogens (primary N) is 1. The van der Waals surface area contributed by atoms with Crippen LogP contribution in [-0.2, 0) is 11.2 Å². The zero-order valence-electron chi connectivity index (χ0n) is 10.2. The van der Waals surface area contributed by atoms with Crippen molar-refractivity contribution in [1.29, 1.82) is 0 Å². The molecule has 0 aliphatic carbocycles. The summed E-state index contributed by atoms with van der Waals surface area (Å²) < 4.78 is 0. The van der Waals surface area contributed by atoms with Crippen LogP contribution in [0.2, 0.25) is 0 Å². The molecular weight excluding hydrogens is 234 g/mol. The van der Waals surface area contributed by atoms with Crippen molar-refractivity contribution < 1.29 is 4.79 Å². The standard InChI is InChI=1S/C12H19N3OS/c1-9(16)15-6-3-10(4-7-15)12-14-11(2-5-13)8-17-12/h8,10H,2-7,13H2,1H3. The van der Waals surface area contributed by atoms with Crippen molar-refractivity contribution in [1.82, 2.24) is 9.88 Å². The number of carbonyl (C=O) groups is 1. The Morgan fingerprint density at radius 3 is 2.88 bits per heavy atom. The molecule has 2 rings (SSSR count). The number of likely N-dealkylation sites (tertiary alicyclic amines) is 1. The predicted molar refractivity (Wildman–Crippen MR) is 69.1 cm³/mol. The highest BCUT2D eigenvalue weighted by Gasteiger charge is 2.23. The van der Waals surface area contributed by atoms with Gasteiger partial charge in [0.25, 0.3) is 0 Å². The highest BCUT2D eigenvalue weighted by Crippen LogP contribution is 2.30. The van der Waals surface area contributed by atoms with E-state index in [9.17, 15) is 4.79 Å². The molecule has 2 N–H and O–H groups in total. The van der Waals surface area contributed by atoms with E-state index in [0.717, 1.165) is 38.0 Å². The maximum atomic E-state index is 11.2. The van der Waals surface area contributed by atoms with Gasteiger partial charge in [-0.3, -0.25) is 4.79 Å².